The molecule has 0 aliphatic heterocycles. The lowest BCUT2D eigenvalue weighted by atomic mass is 9.94. The van der Waals surface area contributed by atoms with Crippen molar-refractivity contribution >= 4 is 56.4 Å². The van der Waals surface area contributed by atoms with Crippen molar-refractivity contribution < 1.29 is 22.9 Å². The van der Waals surface area contributed by atoms with Gasteiger partial charge in [0.05, 0.1) is 15.5 Å². The quantitative estimate of drug-likeness (QED) is 0.115. The van der Waals surface area contributed by atoms with Gasteiger partial charge in [0.2, 0.25) is 11.8 Å². The molecule has 1 aliphatic rings. The number of nitro groups is 1. The van der Waals surface area contributed by atoms with E-state index in [0.717, 1.165) is 42.0 Å². The maximum absolute atomic E-state index is 14.7. The third-order valence-electron chi connectivity index (χ3n) is 8.54. The lowest BCUT2D eigenvalue weighted by Gasteiger charge is -2.35. The molecule has 4 aromatic rings. The van der Waals surface area contributed by atoms with Crippen LogP contribution in [0.3, 0.4) is 0 Å². The van der Waals surface area contributed by atoms with Crippen LogP contribution in [0, 0.1) is 10.1 Å². The highest BCUT2D eigenvalue weighted by molar-refractivity contribution is 7.92. The Morgan fingerprint density at radius 1 is 0.878 bits per heavy atom. The summed E-state index contributed by atoms with van der Waals surface area (Å²) in [4.78, 5) is 40.9. The Morgan fingerprint density at radius 2 is 1.51 bits per heavy atom. The molecule has 1 saturated carbocycles. The van der Waals surface area contributed by atoms with E-state index in [1.165, 1.54) is 41.3 Å². The molecule has 13 heteroatoms. The largest absolute Gasteiger partial charge is 0.352 e. The summed E-state index contributed by atoms with van der Waals surface area (Å²) in [5.41, 5.74) is 1.11. The number of anilines is 1. The van der Waals surface area contributed by atoms with Crippen LogP contribution in [-0.4, -0.2) is 48.7 Å². The van der Waals surface area contributed by atoms with Crippen LogP contribution in [0.5, 0.6) is 0 Å². The van der Waals surface area contributed by atoms with E-state index in [1.54, 1.807) is 36.4 Å². The fourth-order valence-corrected chi connectivity index (χ4v) is 7.82. The highest BCUT2D eigenvalue weighted by Gasteiger charge is 2.36. The standard InChI is InChI=1S/C36H36Cl2N4O6S/c37-28-17-16-27(33(38)23-28)24-40(34(22-26-10-4-1-5-11-26)36(44)39-29-12-6-2-7-13-29)35(43)25-41(30-18-20-31(21-19-30)42(45)46)49(47,48)32-14-8-3-9-15-32/h1,3-5,8-11,14-21,23,29,34H,2,6-7,12-13,22,24-25H2,(H,39,44). The molecule has 0 aromatic heterocycles. The van der Waals surface area contributed by atoms with Gasteiger partial charge in [-0.2, -0.15) is 0 Å². The summed E-state index contributed by atoms with van der Waals surface area (Å²) in [5.74, 6) is -1.04. The van der Waals surface area contributed by atoms with E-state index in [4.69, 9.17) is 23.2 Å². The van der Waals surface area contributed by atoms with Gasteiger partial charge in [0, 0.05) is 41.2 Å². The first-order valence-electron chi connectivity index (χ1n) is 15.9. The molecule has 2 amide bonds. The van der Waals surface area contributed by atoms with Crippen LogP contribution in [0.2, 0.25) is 10.0 Å². The Hall–Kier alpha value is -4.45. The number of sulfonamides is 1. The number of amides is 2. The number of halogens is 2. The van der Waals surface area contributed by atoms with E-state index in [-0.39, 0.29) is 46.2 Å². The molecule has 1 N–H and O–H groups in total. The Kier molecular flexibility index (Phi) is 11.9. The second-order valence-electron chi connectivity index (χ2n) is 11.9. The smallest absolute Gasteiger partial charge is 0.269 e. The molecule has 0 heterocycles. The van der Waals surface area contributed by atoms with E-state index in [1.807, 2.05) is 30.3 Å². The summed E-state index contributed by atoms with van der Waals surface area (Å²) in [5, 5.41) is 15.2. The van der Waals surface area contributed by atoms with Crippen LogP contribution in [-0.2, 0) is 32.6 Å². The molecule has 49 heavy (non-hydrogen) atoms. The van der Waals surface area contributed by atoms with Gasteiger partial charge in [-0.1, -0.05) is 97.1 Å². The maximum atomic E-state index is 14.7. The molecule has 4 aromatic carbocycles. The molecule has 10 nitrogen and oxygen atoms in total. The van der Waals surface area contributed by atoms with E-state index < -0.39 is 33.4 Å². The van der Waals surface area contributed by atoms with Crippen LogP contribution >= 0.6 is 23.2 Å². The van der Waals surface area contributed by atoms with E-state index >= 15 is 0 Å². The highest BCUT2D eigenvalue weighted by atomic mass is 35.5. The van der Waals surface area contributed by atoms with Crippen molar-refractivity contribution in [3.8, 4) is 0 Å². The van der Waals surface area contributed by atoms with Crippen LogP contribution < -0.4 is 9.62 Å². The average Bonchev–Trinajstić information content (AvgIpc) is 3.10. The molecule has 0 bridgehead atoms. The normalized spacial score (nSPS) is 14.1. The lowest BCUT2D eigenvalue weighted by Crippen LogP contribution is -2.55. The SMILES string of the molecule is O=C(NC1CCCCC1)C(Cc1ccccc1)N(Cc1ccc(Cl)cc1Cl)C(=O)CN(c1ccc([N+](=O)[O-])cc1)S(=O)(=O)c1ccccc1. The fraction of sp³-hybridized carbons (Fsp3) is 0.278. The van der Waals surface area contributed by atoms with Crippen molar-refractivity contribution in [2.24, 2.45) is 0 Å². The molecule has 1 unspecified atom stereocenters. The Bertz CT molecular complexity index is 1870. The zero-order chi connectivity index (χ0) is 35.0. The van der Waals surface area contributed by atoms with Crippen molar-refractivity contribution in [3.05, 3.63) is 134 Å². The van der Waals surface area contributed by atoms with Gasteiger partial charge in [-0.25, -0.2) is 8.42 Å². The molecule has 5 rings (SSSR count). The monoisotopic (exact) mass is 722 g/mol. The van der Waals surface area contributed by atoms with Gasteiger partial charge < -0.3 is 10.2 Å². The minimum atomic E-state index is -4.36. The number of non-ortho nitro benzene ring substituents is 1. The molecule has 256 valence electrons. The predicted octanol–water partition coefficient (Wildman–Crippen LogP) is 7.19. The zero-order valence-corrected chi connectivity index (χ0v) is 28.9. The van der Waals surface area contributed by atoms with Crippen molar-refractivity contribution in [1.29, 1.82) is 0 Å². The number of nitrogens with zero attached hydrogens (tertiary/aromatic N) is 3. The number of hydrogen-bond acceptors (Lipinski definition) is 6. The van der Waals surface area contributed by atoms with Crippen LogP contribution in [0.15, 0.2) is 108 Å². The molecular formula is C36H36Cl2N4O6S. The second-order valence-corrected chi connectivity index (χ2v) is 14.6. The molecule has 0 spiro atoms. The van der Waals surface area contributed by atoms with Crippen LogP contribution in [0.25, 0.3) is 0 Å². The van der Waals surface area contributed by atoms with Crippen LogP contribution in [0.1, 0.15) is 43.2 Å². The van der Waals surface area contributed by atoms with Gasteiger partial charge in [0.25, 0.3) is 15.7 Å². The molecular weight excluding hydrogens is 687 g/mol. The average molecular weight is 724 g/mol. The molecule has 1 atom stereocenters. The summed E-state index contributed by atoms with van der Waals surface area (Å²) in [6.07, 6.45) is 4.86. The number of rotatable bonds is 13. The van der Waals surface area contributed by atoms with Crippen LogP contribution in [0.4, 0.5) is 11.4 Å². The summed E-state index contributed by atoms with van der Waals surface area (Å²) in [6.45, 7) is -0.827. The van der Waals surface area contributed by atoms with Gasteiger partial charge >= 0.3 is 0 Å². The second kappa shape index (κ2) is 16.3. The Morgan fingerprint density at radius 3 is 2.12 bits per heavy atom. The Labute approximate surface area is 295 Å². The first-order valence-corrected chi connectivity index (χ1v) is 18.1. The highest BCUT2D eigenvalue weighted by Crippen LogP contribution is 2.29. The molecule has 0 saturated heterocycles. The van der Waals surface area contributed by atoms with Crippen molar-refractivity contribution in [1.82, 2.24) is 10.2 Å². The number of carbonyl (C=O) groups is 2. The molecule has 1 aliphatic carbocycles. The third-order valence-corrected chi connectivity index (χ3v) is 10.9. The van der Waals surface area contributed by atoms with Gasteiger partial charge in [0.15, 0.2) is 0 Å². The first-order chi connectivity index (χ1) is 23.5. The topological polar surface area (TPSA) is 130 Å². The summed E-state index contributed by atoms with van der Waals surface area (Å²) < 4.78 is 29.2. The molecule has 1 fully saturated rings. The summed E-state index contributed by atoms with van der Waals surface area (Å²) in [6, 6.07) is 25.5. The first kappa shape index (κ1) is 35.8. The summed E-state index contributed by atoms with van der Waals surface area (Å²) >= 11 is 12.8. The third kappa shape index (κ3) is 9.17. The number of nitro benzene ring substituents is 1. The lowest BCUT2D eigenvalue weighted by molar-refractivity contribution is -0.384. The Balaban J connectivity index is 1.58. The minimum Gasteiger partial charge on any atom is -0.352 e. The van der Waals surface area contributed by atoms with E-state index in [0.29, 0.717) is 10.6 Å². The number of nitrogens with one attached hydrogen (secondary N) is 1. The van der Waals surface area contributed by atoms with Gasteiger partial charge in [-0.15, -0.1) is 0 Å². The van der Waals surface area contributed by atoms with Crippen molar-refractivity contribution in [2.75, 3.05) is 10.8 Å². The van der Waals surface area contributed by atoms with E-state index in [9.17, 15) is 28.1 Å². The summed E-state index contributed by atoms with van der Waals surface area (Å²) in [7, 11) is -4.36. The number of carbonyl (C=O) groups excluding carboxylic acids is 2. The molecule has 0 radical (unpaired) electrons. The minimum absolute atomic E-state index is 0.0403. The van der Waals surface area contributed by atoms with Crippen molar-refractivity contribution in [3.63, 3.8) is 0 Å². The van der Waals surface area contributed by atoms with Crippen molar-refractivity contribution in [2.45, 2.75) is 62.0 Å². The predicted molar refractivity (Wildman–Crippen MR) is 190 cm³/mol. The number of benzene rings is 4. The van der Waals surface area contributed by atoms with E-state index in [2.05, 4.69) is 5.32 Å². The van der Waals surface area contributed by atoms with Gasteiger partial charge in [-0.3, -0.25) is 24.0 Å². The van der Waals surface area contributed by atoms with Gasteiger partial charge in [0.1, 0.15) is 12.6 Å². The maximum Gasteiger partial charge on any atom is 0.269 e. The zero-order valence-electron chi connectivity index (χ0n) is 26.6. The van der Waals surface area contributed by atoms with Gasteiger partial charge in [-0.05, 0) is 60.4 Å². The number of hydrogen-bond donors (Lipinski definition) is 1. The fourth-order valence-electron chi connectivity index (χ4n) is 5.92.